The van der Waals surface area contributed by atoms with E-state index in [-0.39, 0.29) is 9.52 Å². The molecule has 0 aromatic heterocycles. The Morgan fingerprint density at radius 2 is 2.29 bits per heavy atom. The van der Waals surface area contributed by atoms with Crippen LogP contribution in [0, 0.1) is 0 Å². The zero-order valence-corrected chi connectivity index (χ0v) is 6.56. The molecule has 0 spiro atoms. The number of hydrogen-bond acceptors (Lipinski definition) is 1. The van der Waals surface area contributed by atoms with Gasteiger partial charge in [-0.05, 0) is 20.3 Å². The van der Waals surface area contributed by atoms with Gasteiger partial charge in [0, 0.05) is 0 Å². The molecule has 0 N–H and O–H groups in total. The van der Waals surface area contributed by atoms with Crippen LogP contribution in [0.15, 0.2) is 12.3 Å². The Morgan fingerprint density at radius 1 is 1.71 bits per heavy atom. The van der Waals surface area contributed by atoms with E-state index in [2.05, 4.69) is 31.3 Å². The van der Waals surface area contributed by atoms with Crippen LogP contribution in [0.5, 0.6) is 0 Å². The van der Waals surface area contributed by atoms with Crippen molar-refractivity contribution in [3.8, 4) is 0 Å². The van der Waals surface area contributed by atoms with E-state index in [1.807, 2.05) is 0 Å². The molecule has 0 atom stereocenters. The van der Waals surface area contributed by atoms with Gasteiger partial charge in [0.15, 0.2) is 0 Å². The highest BCUT2D eigenvalue weighted by molar-refractivity contribution is 6.41. The molecule has 0 heterocycles. The van der Waals surface area contributed by atoms with Gasteiger partial charge in [0.05, 0.1) is 9.52 Å². The second-order valence-electron chi connectivity index (χ2n) is 1.88. The van der Waals surface area contributed by atoms with Crippen LogP contribution >= 0.6 is 0 Å². The predicted octanol–water partition coefficient (Wildman–Crippen LogP) is -0.182. The molecule has 0 aliphatic heterocycles. The molecule has 2 heteroatoms. The highest BCUT2D eigenvalue weighted by atomic mass is 28.2. The fourth-order valence-corrected chi connectivity index (χ4v) is 1.05. The van der Waals surface area contributed by atoms with E-state index in [1.165, 1.54) is 6.17 Å². The molecular weight excluding hydrogens is 102 g/mol. The minimum Gasteiger partial charge on any atom is -0.312 e. The quantitative estimate of drug-likeness (QED) is 0.461. The van der Waals surface area contributed by atoms with Gasteiger partial charge in [-0.1, -0.05) is 0 Å². The van der Waals surface area contributed by atoms with E-state index in [9.17, 15) is 0 Å². The predicted molar refractivity (Wildman–Crippen MR) is 37.3 cm³/mol. The molecule has 0 fully saturated rings. The monoisotopic (exact) mass is 115 g/mol. The summed E-state index contributed by atoms with van der Waals surface area (Å²) in [4.78, 5) is 2.20. The van der Waals surface area contributed by atoms with E-state index < -0.39 is 0 Å². The van der Waals surface area contributed by atoms with E-state index in [0.29, 0.717) is 0 Å². The first-order chi connectivity index (χ1) is 3.27. The highest BCUT2D eigenvalue weighted by Gasteiger charge is 1.82. The van der Waals surface area contributed by atoms with Crippen molar-refractivity contribution < 1.29 is 0 Å². The molecule has 0 radical (unpaired) electrons. The summed E-state index contributed by atoms with van der Waals surface area (Å²) in [6.07, 6.45) is 1.25. The van der Waals surface area contributed by atoms with Crippen LogP contribution in [0.2, 0.25) is 0 Å². The van der Waals surface area contributed by atoms with Crippen LogP contribution < -0.4 is 0 Å². The zero-order valence-electron chi connectivity index (χ0n) is 5.15. The SMILES string of the molecule is C=C[SiH2]CN(C)C. The average molecular weight is 115 g/mol. The van der Waals surface area contributed by atoms with Gasteiger partial charge in [0.25, 0.3) is 0 Å². The molecule has 1 nitrogen and oxygen atoms in total. The Kier molecular flexibility index (Phi) is 4.04. The van der Waals surface area contributed by atoms with E-state index in [0.717, 1.165) is 0 Å². The summed E-state index contributed by atoms with van der Waals surface area (Å²) >= 11 is 0. The number of nitrogens with zero attached hydrogens (tertiary/aromatic N) is 1. The molecule has 0 aromatic carbocycles. The van der Waals surface area contributed by atoms with Crippen LogP contribution in [-0.4, -0.2) is 34.7 Å². The molecule has 0 aliphatic rings. The maximum absolute atomic E-state index is 3.67. The van der Waals surface area contributed by atoms with Crippen LogP contribution in [0.25, 0.3) is 0 Å². The van der Waals surface area contributed by atoms with Crippen molar-refractivity contribution in [2.45, 2.75) is 0 Å². The lowest BCUT2D eigenvalue weighted by Crippen LogP contribution is -2.17. The minimum absolute atomic E-state index is 0.0640. The van der Waals surface area contributed by atoms with Gasteiger partial charge in [-0.2, -0.15) is 0 Å². The molecule has 0 bridgehead atoms. The van der Waals surface area contributed by atoms with Gasteiger partial charge < -0.3 is 4.90 Å². The van der Waals surface area contributed by atoms with Gasteiger partial charge in [0.2, 0.25) is 0 Å². The van der Waals surface area contributed by atoms with Gasteiger partial charge >= 0.3 is 0 Å². The smallest absolute Gasteiger partial charge is 0.0604 e. The summed E-state index contributed by atoms with van der Waals surface area (Å²) in [5, 5.41) is 0. The molecule has 0 amide bonds. The van der Waals surface area contributed by atoms with E-state index >= 15 is 0 Å². The standard InChI is InChI=1S/C5H13NSi/c1-4-7-5-6(2)3/h4H,1,5,7H2,2-3H3. The van der Waals surface area contributed by atoms with Crippen molar-refractivity contribution in [2.24, 2.45) is 0 Å². The van der Waals surface area contributed by atoms with Crippen molar-refractivity contribution in [1.29, 1.82) is 0 Å². The van der Waals surface area contributed by atoms with Crippen molar-refractivity contribution in [1.82, 2.24) is 4.90 Å². The summed E-state index contributed by atoms with van der Waals surface area (Å²) in [5.41, 5.74) is 2.07. The lowest BCUT2D eigenvalue weighted by atomic mass is 11.0. The molecule has 7 heavy (non-hydrogen) atoms. The summed E-state index contributed by atoms with van der Waals surface area (Å²) in [5.74, 6) is 0. The number of rotatable bonds is 3. The summed E-state index contributed by atoms with van der Waals surface area (Å²) in [7, 11) is 4.25. The number of hydrogen-bond donors (Lipinski definition) is 0. The Labute approximate surface area is 47.8 Å². The molecule has 0 aliphatic carbocycles. The first-order valence-electron chi connectivity index (χ1n) is 2.53. The Morgan fingerprint density at radius 3 is 2.43 bits per heavy atom. The Balaban J connectivity index is 2.81. The van der Waals surface area contributed by atoms with Gasteiger partial charge in [-0.15, -0.1) is 12.3 Å². The molecule has 0 aromatic rings. The van der Waals surface area contributed by atoms with Crippen molar-refractivity contribution >= 4 is 9.52 Å². The minimum atomic E-state index is 0.0640. The topological polar surface area (TPSA) is 3.24 Å². The van der Waals surface area contributed by atoms with Crippen molar-refractivity contribution in [3.05, 3.63) is 12.3 Å². The van der Waals surface area contributed by atoms with Crippen molar-refractivity contribution in [2.75, 3.05) is 20.3 Å². The van der Waals surface area contributed by atoms with Gasteiger partial charge in [-0.25, -0.2) is 0 Å². The molecule has 0 unspecified atom stereocenters. The first-order valence-corrected chi connectivity index (χ1v) is 4.34. The second-order valence-corrected chi connectivity index (χ2v) is 3.48. The van der Waals surface area contributed by atoms with Crippen LogP contribution in [0.3, 0.4) is 0 Å². The van der Waals surface area contributed by atoms with Gasteiger partial charge in [-0.3, -0.25) is 0 Å². The van der Waals surface area contributed by atoms with Crippen LogP contribution in [0.1, 0.15) is 0 Å². The molecule has 0 saturated heterocycles. The van der Waals surface area contributed by atoms with Crippen molar-refractivity contribution in [3.63, 3.8) is 0 Å². The normalized spacial score (nSPS) is 11.3. The third kappa shape index (κ3) is 5.92. The lowest BCUT2D eigenvalue weighted by molar-refractivity contribution is 0.478. The molecule has 0 saturated carbocycles. The largest absolute Gasteiger partial charge is 0.312 e. The Hall–Kier alpha value is -0.0831. The maximum Gasteiger partial charge on any atom is 0.0604 e. The highest BCUT2D eigenvalue weighted by Crippen LogP contribution is 1.68. The molecule has 0 rings (SSSR count). The fraction of sp³-hybridized carbons (Fsp3) is 0.600. The average Bonchev–Trinajstić information content (AvgIpc) is 1.61. The Bertz CT molecular complexity index is 52.0. The van der Waals surface area contributed by atoms with Gasteiger partial charge in [0.1, 0.15) is 0 Å². The second kappa shape index (κ2) is 4.09. The van der Waals surface area contributed by atoms with Crippen LogP contribution in [-0.2, 0) is 0 Å². The maximum atomic E-state index is 3.67. The summed E-state index contributed by atoms with van der Waals surface area (Å²) < 4.78 is 0. The molecular formula is C5H13NSi. The fourth-order valence-electron chi connectivity index (χ4n) is 0.349. The van der Waals surface area contributed by atoms with E-state index in [4.69, 9.17) is 0 Å². The summed E-state index contributed by atoms with van der Waals surface area (Å²) in [6.45, 7) is 3.67. The molecule has 42 valence electrons. The van der Waals surface area contributed by atoms with Crippen LogP contribution in [0.4, 0.5) is 0 Å². The van der Waals surface area contributed by atoms with E-state index in [1.54, 1.807) is 0 Å². The summed E-state index contributed by atoms with van der Waals surface area (Å²) in [6, 6.07) is 0. The lowest BCUT2D eigenvalue weighted by Gasteiger charge is -2.04. The third-order valence-electron chi connectivity index (χ3n) is 0.780. The third-order valence-corrected chi connectivity index (χ3v) is 2.34. The first kappa shape index (κ1) is 6.92. The zero-order chi connectivity index (χ0) is 5.70.